The number of aliphatic hydroxyl groups excluding tert-OH is 1. The van der Waals surface area contributed by atoms with Gasteiger partial charge in [-0.15, -0.1) is 0 Å². The average molecular weight is 275 g/mol. The van der Waals surface area contributed by atoms with Crippen molar-refractivity contribution in [3.63, 3.8) is 0 Å². The Morgan fingerprint density at radius 2 is 1.89 bits per heavy atom. The van der Waals surface area contributed by atoms with Crippen LogP contribution < -0.4 is 0 Å². The molecule has 0 aromatic heterocycles. The summed E-state index contributed by atoms with van der Waals surface area (Å²) in [7, 11) is 1.67. The molecule has 1 N–H and O–H groups in total. The zero-order valence-electron chi connectivity index (χ0n) is 12.7. The van der Waals surface area contributed by atoms with E-state index in [-0.39, 0.29) is 12.4 Å². The third-order valence-electron chi connectivity index (χ3n) is 3.19. The Balaban J connectivity index is 4.32. The summed E-state index contributed by atoms with van der Waals surface area (Å²) in [6.07, 6.45) is 1.41. The van der Waals surface area contributed by atoms with Crippen LogP contribution in [-0.4, -0.2) is 61.5 Å². The van der Waals surface area contributed by atoms with Gasteiger partial charge in [0.15, 0.2) is 0 Å². The number of carbonyl (C=O) groups is 1. The third kappa shape index (κ3) is 8.18. The van der Waals surface area contributed by atoms with Crippen LogP contribution in [0.3, 0.4) is 0 Å². The minimum absolute atomic E-state index is 0.0530. The minimum atomic E-state index is -0.684. The van der Waals surface area contributed by atoms with E-state index in [0.29, 0.717) is 25.8 Å². The Morgan fingerprint density at radius 1 is 1.26 bits per heavy atom. The van der Waals surface area contributed by atoms with Crippen molar-refractivity contribution in [1.29, 1.82) is 0 Å². The van der Waals surface area contributed by atoms with Gasteiger partial charge in [0, 0.05) is 26.2 Å². The Labute approximate surface area is 116 Å². The molecule has 0 fully saturated rings. The van der Waals surface area contributed by atoms with Crippen molar-refractivity contribution in [3.05, 3.63) is 0 Å². The van der Waals surface area contributed by atoms with E-state index < -0.39 is 6.10 Å². The summed E-state index contributed by atoms with van der Waals surface area (Å²) in [5, 5.41) is 9.97. The second-order valence-electron chi connectivity index (χ2n) is 4.62. The SMILES string of the molecule is CCOC(=O)CC(O)CN(CCOC)C(CC)CC. The standard InChI is InChI=1S/C14H29NO4/c1-5-12(6-2)15(8-9-18-4)11-13(16)10-14(17)19-7-3/h12-13,16H,5-11H2,1-4H3. The molecule has 1 atom stereocenters. The predicted octanol–water partition coefficient (Wildman–Crippen LogP) is 1.44. The van der Waals surface area contributed by atoms with Crippen molar-refractivity contribution in [1.82, 2.24) is 4.90 Å². The van der Waals surface area contributed by atoms with Crippen molar-refractivity contribution in [2.24, 2.45) is 0 Å². The lowest BCUT2D eigenvalue weighted by Gasteiger charge is -2.31. The van der Waals surface area contributed by atoms with Crippen LogP contribution in [0.1, 0.15) is 40.0 Å². The van der Waals surface area contributed by atoms with Gasteiger partial charge in [0.05, 0.1) is 25.7 Å². The van der Waals surface area contributed by atoms with Crippen LogP contribution in [-0.2, 0) is 14.3 Å². The van der Waals surface area contributed by atoms with Crippen molar-refractivity contribution < 1.29 is 19.4 Å². The van der Waals surface area contributed by atoms with Crippen molar-refractivity contribution in [3.8, 4) is 0 Å². The third-order valence-corrected chi connectivity index (χ3v) is 3.19. The normalized spacial score (nSPS) is 13.0. The highest BCUT2D eigenvalue weighted by atomic mass is 16.5. The molecule has 0 spiro atoms. The highest BCUT2D eigenvalue weighted by Gasteiger charge is 2.20. The van der Waals surface area contributed by atoms with Crippen LogP contribution in [0.15, 0.2) is 0 Å². The molecule has 5 heteroatoms. The van der Waals surface area contributed by atoms with Crippen molar-refractivity contribution in [2.45, 2.75) is 52.2 Å². The minimum Gasteiger partial charge on any atom is -0.466 e. The molecule has 0 saturated carbocycles. The number of rotatable bonds is 11. The summed E-state index contributed by atoms with van der Waals surface area (Å²) < 4.78 is 9.94. The van der Waals surface area contributed by atoms with Crippen molar-refractivity contribution >= 4 is 5.97 Å². The number of esters is 1. The lowest BCUT2D eigenvalue weighted by Crippen LogP contribution is -2.42. The van der Waals surface area contributed by atoms with Gasteiger partial charge in [0.25, 0.3) is 0 Å². The average Bonchev–Trinajstić information content (AvgIpc) is 2.37. The summed E-state index contributed by atoms with van der Waals surface area (Å²) in [5.41, 5.74) is 0. The summed E-state index contributed by atoms with van der Waals surface area (Å²) in [6.45, 7) is 8.25. The number of hydrogen-bond acceptors (Lipinski definition) is 5. The van der Waals surface area contributed by atoms with Gasteiger partial charge in [-0.25, -0.2) is 0 Å². The molecule has 0 radical (unpaired) electrons. The molecule has 0 aliphatic heterocycles. The highest BCUT2D eigenvalue weighted by Crippen LogP contribution is 2.10. The van der Waals surface area contributed by atoms with Crippen LogP contribution in [0.5, 0.6) is 0 Å². The molecule has 0 bridgehead atoms. The molecule has 0 aliphatic carbocycles. The smallest absolute Gasteiger partial charge is 0.308 e. The quantitative estimate of drug-likeness (QED) is 0.578. The summed E-state index contributed by atoms with van der Waals surface area (Å²) >= 11 is 0. The second kappa shape index (κ2) is 11.2. The summed E-state index contributed by atoms with van der Waals surface area (Å²) in [6, 6.07) is 0.409. The first kappa shape index (κ1) is 18.4. The fourth-order valence-corrected chi connectivity index (χ4v) is 2.18. The van der Waals surface area contributed by atoms with Gasteiger partial charge in [-0.05, 0) is 19.8 Å². The van der Waals surface area contributed by atoms with Gasteiger partial charge in [0.1, 0.15) is 0 Å². The van der Waals surface area contributed by atoms with Gasteiger partial charge < -0.3 is 14.6 Å². The molecule has 114 valence electrons. The molecule has 0 rings (SSSR count). The van der Waals surface area contributed by atoms with Gasteiger partial charge in [-0.1, -0.05) is 13.8 Å². The van der Waals surface area contributed by atoms with E-state index >= 15 is 0 Å². The number of nitrogens with zero attached hydrogens (tertiary/aromatic N) is 1. The molecule has 0 heterocycles. The lowest BCUT2D eigenvalue weighted by atomic mass is 10.1. The van der Waals surface area contributed by atoms with E-state index in [0.717, 1.165) is 19.4 Å². The zero-order chi connectivity index (χ0) is 14.7. The largest absolute Gasteiger partial charge is 0.466 e. The molecular formula is C14H29NO4. The van der Waals surface area contributed by atoms with Crippen LogP contribution in [0, 0.1) is 0 Å². The van der Waals surface area contributed by atoms with Gasteiger partial charge in [-0.3, -0.25) is 9.69 Å². The number of carbonyl (C=O) groups excluding carboxylic acids is 1. The van der Waals surface area contributed by atoms with Gasteiger partial charge in [-0.2, -0.15) is 0 Å². The summed E-state index contributed by atoms with van der Waals surface area (Å²) in [4.78, 5) is 13.5. The molecule has 0 aliphatic rings. The number of hydrogen-bond donors (Lipinski definition) is 1. The van der Waals surface area contributed by atoms with Crippen LogP contribution in [0.4, 0.5) is 0 Å². The fourth-order valence-electron chi connectivity index (χ4n) is 2.18. The molecule has 0 aromatic carbocycles. The van der Waals surface area contributed by atoms with E-state index in [1.165, 1.54) is 0 Å². The Morgan fingerprint density at radius 3 is 2.37 bits per heavy atom. The molecular weight excluding hydrogens is 246 g/mol. The predicted molar refractivity (Wildman–Crippen MR) is 75.1 cm³/mol. The van der Waals surface area contributed by atoms with Crippen LogP contribution >= 0.6 is 0 Å². The van der Waals surface area contributed by atoms with Gasteiger partial charge in [0.2, 0.25) is 0 Å². The first-order valence-corrected chi connectivity index (χ1v) is 7.15. The van der Waals surface area contributed by atoms with Gasteiger partial charge >= 0.3 is 5.97 Å². The molecule has 0 amide bonds. The van der Waals surface area contributed by atoms with E-state index in [9.17, 15) is 9.90 Å². The lowest BCUT2D eigenvalue weighted by molar-refractivity contribution is -0.145. The maximum atomic E-state index is 11.3. The molecule has 5 nitrogen and oxygen atoms in total. The van der Waals surface area contributed by atoms with Crippen molar-refractivity contribution in [2.75, 3.05) is 33.4 Å². The number of aliphatic hydroxyl groups is 1. The van der Waals surface area contributed by atoms with Crippen LogP contribution in [0.2, 0.25) is 0 Å². The van der Waals surface area contributed by atoms with Crippen LogP contribution in [0.25, 0.3) is 0 Å². The monoisotopic (exact) mass is 275 g/mol. The molecule has 1 unspecified atom stereocenters. The van der Waals surface area contributed by atoms with E-state index in [4.69, 9.17) is 9.47 Å². The second-order valence-corrected chi connectivity index (χ2v) is 4.62. The molecule has 0 aromatic rings. The number of ether oxygens (including phenoxy) is 2. The maximum absolute atomic E-state index is 11.3. The molecule has 0 saturated heterocycles. The van der Waals surface area contributed by atoms with E-state index in [1.54, 1.807) is 14.0 Å². The Kier molecular flexibility index (Phi) is 10.8. The Hall–Kier alpha value is -0.650. The zero-order valence-corrected chi connectivity index (χ0v) is 12.7. The summed E-state index contributed by atoms with van der Waals surface area (Å²) in [5.74, 6) is -0.341. The Bertz CT molecular complexity index is 231. The highest BCUT2D eigenvalue weighted by molar-refractivity contribution is 5.69. The van der Waals surface area contributed by atoms with E-state index in [1.807, 2.05) is 0 Å². The first-order valence-electron chi connectivity index (χ1n) is 7.15. The maximum Gasteiger partial charge on any atom is 0.308 e. The first-order chi connectivity index (χ1) is 9.08. The molecule has 19 heavy (non-hydrogen) atoms. The fraction of sp³-hybridized carbons (Fsp3) is 0.929. The van der Waals surface area contributed by atoms with E-state index in [2.05, 4.69) is 18.7 Å². The number of methoxy groups -OCH3 is 1. The topological polar surface area (TPSA) is 59.0 Å².